The zero-order valence-electron chi connectivity index (χ0n) is 27.4. The van der Waals surface area contributed by atoms with Gasteiger partial charge in [-0.2, -0.15) is 0 Å². The van der Waals surface area contributed by atoms with Gasteiger partial charge in [0.25, 0.3) is 0 Å². The van der Waals surface area contributed by atoms with Crippen LogP contribution in [0.2, 0.25) is 0 Å². The van der Waals surface area contributed by atoms with Crippen molar-refractivity contribution in [3.05, 3.63) is 127 Å². The van der Waals surface area contributed by atoms with Gasteiger partial charge in [-0.1, -0.05) is 90.4 Å². The topological polar surface area (TPSA) is 39.3 Å². The Kier molecular flexibility index (Phi) is 6.44. The molecule has 0 unspecified atom stereocenters. The van der Waals surface area contributed by atoms with Crippen molar-refractivity contribution in [2.24, 2.45) is 0 Å². The van der Waals surface area contributed by atoms with Gasteiger partial charge in [0, 0.05) is 48.4 Å². The highest BCUT2D eigenvalue weighted by Gasteiger charge is 2.35. The summed E-state index contributed by atoms with van der Waals surface area (Å²) in [5, 5.41) is 18.1. The molecule has 0 saturated heterocycles. The molecule has 9 rings (SSSR count). The third kappa shape index (κ3) is 4.37. The van der Waals surface area contributed by atoms with Gasteiger partial charge in [-0.15, -0.1) is 11.3 Å². The Morgan fingerprint density at radius 2 is 1.17 bits per heavy atom. The fourth-order valence-corrected chi connectivity index (χ4v) is 8.23. The van der Waals surface area contributed by atoms with E-state index in [1.54, 1.807) is 21.3 Å². The summed E-state index contributed by atoms with van der Waals surface area (Å²) in [6, 6.07) is 46.0. The van der Waals surface area contributed by atoms with E-state index in [2.05, 4.69) is 137 Å². The van der Waals surface area contributed by atoms with E-state index in [-0.39, 0.29) is 0 Å². The fourth-order valence-electron chi connectivity index (χ4n) is 6.95. The molecule has 6 aromatic carbocycles. The van der Waals surface area contributed by atoms with Crippen LogP contribution in [0.1, 0.15) is 27.7 Å². The van der Waals surface area contributed by atoms with Crippen molar-refractivity contribution in [2.45, 2.75) is 38.9 Å². The summed E-state index contributed by atoms with van der Waals surface area (Å²) in [6.07, 6.45) is 0. The first-order chi connectivity index (χ1) is 23.2. The van der Waals surface area contributed by atoms with Crippen molar-refractivity contribution in [1.82, 2.24) is 9.13 Å². The van der Waals surface area contributed by atoms with Gasteiger partial charge in [0.15, 0.2) is 0 Å². The Morgan fingerprint density at radius 3 is 1.88 bits per heavy atom. The number of nitrogens with zero attached hydrogens (tertiary/aromatic N) is 2. The Morgan fingerprint density at radius 1 is 0.562 bits per heavy atom. The normalized spacial score (nSPS) is 12.8. The van der Waals surface area contributed by atoms with Crippen LogP contribution >= 0.6 is 11.3 Å². The van der Waals surface area contributed by atoms with Gasteiger partial charge in [-0.25, -0.2) is 0 Å². The molecule has 0 fully saturated rings. The molecular weight excluding hydrogens is 607 g/mol. The first-order valence-corrected chi connectivity index (χ1v) is 17.2. The van der Waals surface area contributed by atoms with E-state index in [9.17, 15) is 5.11 Å². The average Bonchev–Trinajstić information content (AvgIpc) is 3.74. The second-order valence-electron chi connectivity index (χ2n) is 13.7. The molecule has 0 aliphatic heterocycles. The molecule has 0 bridgehead atoms. The van der Waals surface area contributed by atoms with Gasteiger partial charge in [0.05, 0.1) is 38.0 Å². The lowest BCUT2D eigenvalue weighted by molar-refractivity contribution is -0.0893. The second kappa shape index (κ2) is 10.6. The number of hydrogen-bond acceptors (Lipinski definition) is 3. The maximum Gasteiger partial charge on any atom is 0.330 e. The summed E-state index contributed by atoms with van der Waals surface area (Å²) in [4.78, 5) is 0. The van der Waals surface area contributed by atoms with E-state index in [1.807, 2.05) is 25.2 Å². The number of aliphatic hydroxyl groups is 1. The number of aromatic nitrogens is 2. The Labute approximate surface area is 283 Å². The predicted molar refractivity (Wildman–Crippen MR) is 205 cm³/mol. The molecule has 0 aliphatic rings. The van der Waals surface area contributed by atoms with Gasteiger partial charge >= 0.3 is 7.48 Å². The molecule has 233 valence electrons. The zero-order chi connectivity index (χ0) is 32.8. The Balaban J connectivity index is 1.27. The third-order valence-electron chi connectivity index (χ3n) is 10.2. The first-order valence-electron chi connectivity index (χ1n) is 16.4. The molecule has 0 saturated carbocycles. The van der Waals surface area contributed by atoms with Gasteiger partial charge in [0.1, 0.15) is 0 Å². The van der Waals surface area contributed by atoms with Crippen molar-refractivity contribution in [2.75, 3.05) is 0 Å². The third-order valence-corrected chi connectivity index (χ3v) is 11.4. The summed E-state index contributed by atoms with van der Waals surface area (Å²) >= 11 is 1.86. The molecule has 3 aromatic heterocycles. The number of rotatable bonds is 6. The molecular formula is C42H34BN2O2S. The molecule has 3 heterocycles. The lowest BCUT2D eigenvalue weighted by Gasteiger charge is -2.37. The highest BCUT2D eigenvalue weighted by molar-refractivity contribution is 7.26. The summed E-state index contributed by atoms with van der Waals surface area (Å²) < 4.78 is 13.5. The number of para-hydroxylation sites is 3. The number of benzene rings is 6. The van der Waals surface area contributed by atoms with Crippen LogP contribution in [-0.2, 0) is 4.65 Å². The van der Waals surface area contributed by atoms with Crippen LogP contribution in [0.3, 0.4) is 0 Å². The highest BCUT2D eigenvalue weighted by Crippen LogP contribution is 2.44. The molecule has 1 N–H and O–H groups in total. The van der Waals surface area contributed by atoms with Crippen LogP contribution in [0.5, 0.6) is 0 Å². The maximum absolute atomic E-state index is 10.7. The molecule has 0 aliphatic carbocycles. The Bertz CT molecular complexity index is 2640. The van der Waals surface area contributed by atoms with E-state index >= 15 is 0 Å². The second-order valence-corrected chi connectivity index (χ2v) is 14.8. The summed E-state index contributed by atoms with van der Waals surface area (Å²) in [6.45, 7) is 7.38. The van der Waals surface area contributed by atoms with E-state index in [0.29, 0.717) is 0 Å². The predicted octanol–water partition coefficient (Wildman–Crippen LogP) is 10.1. The molecule has 4 nitrogen and oxygen atoms in total. The fraction of sp³-hybridized carbons (Fsp3) is 0.143. The smallest absolute Gasteiger partial charge is 0.330 e. The number of fused-ring (bicyclic) bond motifs is 10. The average molecular weight is 642 g/mol. The minimum absolute atomic E-state index is 0.755. The molecule has 48 heavy (non-hydrogen) atoms. The van der Waals surface area contributed by atoms with Crippen LogP contribution in [0.15, 0.2) is 127 Å². The van der Waals surface area contributed by atoms with Crippen LogP contribution in [0, 0.1) is 0 Å². The van der Waals surface area contributed by atoms with E-state index in [4.69, 9.17) is 4.65 Å². The van der Waals surface area contributed by atoms with Crippen molar-refractivity contribution in [1.29, 1.82) is 0 Å². The largest absolute Gasteiger partial charge is 0.427 e. The molecule has 1 radical (unpaired) electrons. The van der Waals surface area contributed by atoms with Gasteiger partial charge < -0.3 is 18.9 Å². The van der Waals surface area contributed by atoms with Crippen LogP contribution < -0.4 is 5.46 Å². The van der Waals surface area contributed by atoms with Crippen LogP contribution in [-0.4, -0.2) is 32.9 Å². The van der Waals surface area contributed by atoms with Crippen LogP contribution in [0.4, 0.5) is 0 Å². The quantitative estimate of drug-likeness (QED) is 0.184. The lowest BCUT2D eigenvalue weighted by atomic mass is 9.82. The highest BCUT2D eigenvalue weighted by atomic mass is 32.1. The van der Waals surface area contributed by atoms with Crippen molar-refractivity contribution in [3.63, 3.8) is 0 Å². The van der Waals surface area contributed by atoms with Gasteiger partial charge in [-0.05, 0) is 70.2 Å². The van der Waals surface area contributed by atoms with E-state index in [0.717, 1.165) is 16.7 Å². The van der Waals surface area contributed by atoms with Gasteiger partial charge in [0.2, 0.25) is 0 Å². The molecule has 0 amide bonds. The van der Waals surface area contributed by atoms with Crippen molar-refractivity contribution < 1.29 is 9.76 Å². The minimum atomic E-state index is -0.999. The summed E-state index contributed by atoms with van der Waals surface area (Å²) in [5.74, 6) is 0. The van der Waals surface area contributed by atoms with Crippen molar-refractivity contribution >= 4 is 88.1 Å². The standard InChI is InChI=1S/C42H34BN2O2S/c1-41(2,46)42(3,4)47-43-26-18-20-31-33-22-23-34-32-21-19-28(44-35-16-10-8-14-29(35)30-15-9-11-17-36(30)44)25-38(32)48-40(34)39(33)45(37(31)24-26)27-12-6-5-7-13-27/h5-25,46H,1-4H3. The SMILES string of the molecule is CC(C)(O)C(C)(C)O[B]c1ccc2c3ccc4c5ccc(-n6c7ccccc7c7ccccc76)cc5sc4c3n(-c3ccccc3)c2c1. The molecule has 6 heteroatoms. The Hall–Kier alpha value is -4.88. The summed E-state index contributed by atoms with van der Waals surface area (Å²) in [5.41, 5.74) is 6.23. The first kappa shape index (κ1) is 29.3. The zero-order valence-corrected chi connectivity index (χ0v) is 28.2. The lowest BCUT2D eigenvalue weighted by Crippen LogP contribution is -2.49. The van der Waals surface area contributed by atoms with Crippen molar-refractivity contribution in [3.8, 4) is 11.4 Å². The molecule has 0 atom stereocenters. The molecule has 9 aromatic rings. The number of thiophene rings is 1. The molecule has 0 spiro atoms. The summed E-state index contributed by atoms with van der Waals surface area (Å²) in [7, 11) is 1.77. The van der Waals surface area contributed by atoms with Crippen LogP contribution in [0.25, 0.3) is 75.2 Å². The monoisotopic (exact) mass is 641 g/mol. The van der Waals surface area contributed by atoms with E-state index in [1.165, 1.54) is 64.0 Å². The number of hydrogen-bond donors (Lipinski definition) is 1. The van der Waals surface area contributed by atoms with E-state index < -0.39 is 11.2 Å². The van der Waals surface area contributed by atoms with Gasteiger partial charge in [-0.3, -0.25) is 0 Å². The minimum Gasteiger partial charge on any atom is -0.427 e. The maximum atomic E-state index is 10.7.